The third kappa shape index (κ3) is 5.84. The van der Waals surface area contributed by atoms with Crippen LogP contribution >= 0.6 is 0 Å². The molecule has 0 saturated carbocycles. The number of anilines is 1. The number of amides is 1. The number of aromatic nitrogens is 5. The van der Waals surface area contributed by atoms with E-state index in [1.165, 1.54) is 21.9 Å². The molecule has 1 saturated heterocycles. The van der Waals surface area contributed by atoms with Crippen molar-refractivity contribution in [3.63, 3.8) is 0 Å². The lowest BCUT2D eigenvalue weighted by molar-refractivity contribution is 0.0944. The van der Waals surface area contributed by atoms with E-state index in [4.69, 9.17) is 15.1 Å². The van der Waals surface area contributed by atoms with E-state index in [0.29, 0.717) is 24.6 Å². The number of likely N-dealkylation sites (tertiary alicyclic amines) is 1. The third-order valence-corrected chi connectivity index (χ3v) is 7.34. The van der Waals surface area contributed by atoms with Crippen molar-refractivity contribution in [1.82, 2.24) is 35.6 Å². The first kappa shape index (κ1) is 27.1. The zero-order valence-corrected chi connectivity index (χ0v) is 23.2. The Kier molecular flexibility index (Phi) is 7.86. The van der Waals surface area contributed by atoms with E-state index in [9.17, 15) is 4.79 Å². The van der Waals surface area contributed by atoms with Crippen molar-refractivity contribution in [2.24, 2.45) is 5.10 Å². The highest BCUT2D eigenvalue weighted by Crippen LogP contribution is 2.22. The first-order valence-corrected chi connectivity index (χ1v) is 13.9. The minimum atomic E-state index is -0.496. The van der Waals surface area contributed by atoms with Crippen LogP contribution in [-0.2, 0) is 13.2 Å². The number of hydrogen-bond donors (Lipinski definition) is 2. The Hall–Kier alpha value is -5.10. The van der Waals surface area contributed by atoms with Crippen LogP contribution in [0.15, 0.2) is 76.5 Å². The Morgan fingerprint density at radius 1 is 1.02 bits per heavy atom. The Bertz CT molecular complexity index is 1710. The minimum Gasteiger partial charge on any atom is -0.489 e. The van der Waals surface area contributed by atoms with Gasteiger partial charge in [0.2, 0.25) is 11.6 Å². The van der Waals surface area contributed by atoms with E-state index in [1.807, 2.05) is 49.4 Å². The highest BCUT2D eigenvalue weighted by atomic mass is 16.6. The number of rotatable bonds is 9. The standard InChI is InChI=1S/C30H31N9O3/c1-20(21-12-14-24(15-13-21)41-19-23-10-7-9-22-8-3-4-11-25(22)23)32-34-30(40)27-26(18-38-16-5-2-6-17-38)33-37-39(27)29-28(31)35-42-36-29/h3-4,7-15H,2,5-6,16-19H2,1H3,(H2,31,35)(H,34,40). The van der Waals surface area contributed by atoms with Gasteiger partial charge in [-0.1, -0.05) is 54.1 Å². The van der Waals surface area contributed by atoms with Crippen molar-refractivity contribution in [3.05, 3.63) is 89.2 Å². The molecule has 12 heteroatoms. The molecule has 0 unspecified atom stereocenters. The highest BCUT2D eigenvalue weighted by molar-refractivity contribution is 6.01. The van der Waals surface area contributed by atoms with Gasteiger partial charge in [-0.15, -0.1) is 5.10 Å². The quantitative estimate of drug-likeness (QED) is 0.199. The molecule has 12 nitrogen and oxygen atoms in total. The van der Waals surface area contributed by atoms with Gasteiger partial charge >= 0.3 is 0 Å². The summed E-state index contributed by atoms with van der Waals surface area (Å²) in [4.78, 5) is 15.7. The van der Waals surface area contributed by atoms with E-state index < -0.39 is 5.91 Å². The van der Waals surface area contributed by atoms with E-state index in [0.717, 1.165) is 42.8 Å². The van der Waals surface area contributed by atoms with Crippen molar-refractivity contribution in [2.75, 3.05) is 18.8 Å². The monoisotopic (exact) mass is 565 g/mol. The Balaban J connectivity index is 1.15. The summed E-state index contributed by atoms with van der Waals surface area (Å²) in [6.45, 7) is 4.60. The molecule has 1 fully saturated rings. The first-order valence-electron chi connectivity index (χ1n) is 13.9. The largest absolute Gasteiger partial charge is 0.489 e. The zero-order chi connectivity index (χ0) is 28.9. The van der Waals surface area contributed by atoms with Crippen LogP contribution in [0, 0.1) is 0 Å². The predicted molar refractivity (Wildman–Crippen MR) is 157 cm³/mol. The van der Waals surface area contributed by atoms with Gasteiger partial charge in [-0.2, -0.15) is 9.78 Å². The number of hydrazone groups is 1. The number of nitrogen functional groups attached to an aromatic ring is 1. The highest BCUT2D eigenvalue weighted by Gasteiger charge is 2.26. The van der Waals surface area contributed by atoms with Crippen LogP contribution < -0.4 is 15.9 Å². The Labute approximate surface area is 242 Å². The van der Waals surface area contributed by atoms with Gasteiger partial charge in [-0.25, -0.2) is 10.1 Å². The van der Waals surface area contributed by atoms with Crippen molar-refractivity contribution in [1.29, 1.82) is 0 Å². The fourth-order valence-corrected chi connectivity index (χ4v) is 5.09. The molecule has 0 bridgehead atoms. The molecule has 1 aliphatic heterocycles. The number of piperidine rings is 1. The van der Waals surface area contributed by atoms with Crippen LogP contribution in [0.5, 0.6) is 5.75 Å². The second kappa shape index (κ2) is 12.2. The first-order chi connectivity index (χ1) is 20.6. The van der Waals surface area contributed by atoms with Gasteiger partial charge in [-0.3, -0.25) is 9.69 Å². The number of ether oxygens (including phenoxy) is 1. The summed E-state index contributed by atoms with van der Waals surface area (Å²) in [6.07, 6.45) is 3.40. The maximum absolute atomic E-state index is 13.4. The summed E-state index contributed by atoms with van der Waals surface area (Å²) in [5.74, 6) is 0.335. The van der Waals surface area contributed by atoms with Gasteiger partial charge in [0.1, 0.15) is 18.1 Å². The second-order valence-electron chi connectivity index (χ2n) is 10.2. The molecule has 0 spiro atoms. The molecule has 0 aliphatic carbocycles. The summed E-state index contributed by atoms with van der Waals surface area (Å²) in [6, 6.07) is 22.0. The van der Waals surface area contributed by atoms with Gasteiger partial charge in [0.05, 0.1) is 5.71 Å². The van der Waals surface area contributed by atoms with E-state index >= 15 is 0 Å². The number of hydrogen-bond acceptors (Lipinski definition) is 10. The molecule has 214 valence electrons. The van der Waals surface area contributed by atoms with Gasteiger partial charge in [-0.05, 0) is 89.3 Å². The molecule has 1 amide bonds. The molecule has 3 N–H and O–H groups in total. The average molecular weight is 566 g/mol. The number of nitrogens with zero attached hydrogens (tertiary/aromatic N) is 7. The summed E-state index contributed by atoms with van der Waals surface area (Å²) < 4.78 is 12.0. The lowest BCUT2D eigenvalue weighted by Gasteiger charge is -2.25. The van der Waals surface area contributed by atoms with E-state index in [1.54, 1.807) is 0 Å². The smallest absolute Gasteiger partial charge is 0.292 e. The van der Waals surface area contributed by atoms with Gasteiger partial charge in [0.25, 0.3) is 5.91 Å². The molecule has 3 heterocycles. The molecular weight excluding hydrogens is 534 g/mol. The summed E-state index contributed by atoms with van der Waals surface area (Å²) in [5, 5.41) is 22.5. The summed E-state index contributed by atoms with van der Waals surface area (Å²) >= 11 is 0. The van der Waals surface area contributed by atoms with Crippen molar-refractivity contribution in [2.45, 2.75) is 39.3 Å². The van der Waals surface area contributed by atoms with Crippen LogP contribution in [0.25, 0.3) is 16.6 Å². The lowest BCUT2D eigenvalue weighted by Crippen LogP contribution is -2.31. The number of fused-ring (bicyclic) bond motifs is 1. The third-order valence-electron chi connectivity index (χ3n) is 7.34. The van der Waals surface area contributed by atoms with Gasteiger partial charge < -0.3 is 10.5 Å². The van der Waals surface area contributed by atoms with Crippen LogP contribution in [0.4, 0.5) is 5.82 Å². The van der Waals surface area contributed by atoms with Crippen molar-refractivity contribution >= 4 is 28.2 Å². The second-order valence-corrected chi connectivity index (χ2v) is 10.2. The average Bonchev–Trinajstić information content (AvgIpc) is 3.64. The predicted octanol–water partition coefficient (Wildman–Crippen LogP) is 4.10. The van der Waals surface area contributed by atoms with Crippen LogP contribution in [0.2, 0.25) is 0 Å². The molecule has 1 aliphatic rings. The van der Waals surface area contributed by atoms with Crippen molar-refractivity contribution < 1.29 is 14.2 Å². The molecule has 0 radical (unpaired) electrons. The number of carbonyl (C=O) groups excluding carboxylic acids is 1. The van der Waals surface area contributed by atoms with Gasteiger partial charge in [0, 0.05) is 6.54 Å². The minimum absolute atomic E-state index is 0.000846. The molecule has 3 aromatic carbocycles. The lowest BCUT2D eigenvalue weighted by atomic mass is 10.1. The summed E-state index contributed by atoms with van der Waals surface area (Å²) in [5.41, 5.74) is 11.8. The Morgan fingerprint density at radius 3 is 2.60 bits per heavy atom. The van der Waals surface area contributed by atoms with Crippen LogP contribution in [-0.4, -0.2) is 54.9 Å². The summed E-state index contributed by atoms with van der Waals surface area (Å²) in [7, 11) is 0. The number of benzene rings is 3. The fourth-order valence-electron chi connectivity index (χ4n) is 5.09. The number of nitrogens with one attached hydrogen (secondary N) is 1. The maximum atomic E-state index is 13.4. The van der Waals surface area contributed by atoms with E-state index in [2.05, 4.69) is 60.3 Å². The zero-order valence-electron chi connectivity index (χ0n) is 23.2. The topological polar surface area (TPSA) is 150 Å². The molecule has 0 atom stereocenters. The molecular formula is C30H31N9O3. The van der Waals surface area contributed by atoms with Crippen LogP contribution in [0.1, 0.15) is 53.5 Å². The number of carbonyl (C=O) groups is 1. The van der Waals surface area contributed by atoms with Gasteiger partial charge in [0.15, 0.2) is 5.69 Å². The number of nitrogens with two attached hydrogens (primary N) is 1. The molecule has 2 aromatic heterocycles. The molecule has 42 heavy (non-hydrogen) atoms. The Morgan fingerprint density at radius 2 is 1.81 bits per heavy atom. The SMILES string of the molecule is CC(=NNC(=O)c1c(CN2CCCCC2)nnn1-c1nonc1N)c1ccc(OCc2cccc3ccccc23)cc1. The maximum Gasteiger partial charge on any atom is 0.292 e. The normalized spacial score (nSPS) is 14.3. The molecule has 6 rings (SSSR count). The van der Waals surface area contributed by atoms with Crippen LogP contribution in [0.3, 0.4) is 0 Å². The fraction of sp³-hybridized carbons (Fsp3) is 0.267. The van der Waals surface area contributed by atoms with E-state index in [-0.39, 0.29) is 17.3 Å². The molecule has 5 aromatic rings. The van der Waals surface area contributed by atoms with Crippen molar-refractivity contribution in [3.8, 4) is 11.6 Å².